The van der Waals surface area contributed by atoms with Gasteiger partial charge < -0.3 is 15.2 Å². The van der Waals surface area contributed by atoms with Crippen LogP contribution in [-0.4, -0.2) is 48.2 Å². The Balaban J connectivity index is 1.57. The van der Waals surface area contributed by atoms with Crippen LogP contribution in [0.5, 0.6) is 0 Å². The van der Waals surface area contributed by atoms with Gasteiger partial charge in [0.1, 0.15) is 16.8 Å². The zero-order valence-electron chi connectivity index (χ0n) is 19.3. The van der Waals surface area contributed by atoms with Crippen molar-refractivity contribution in [3.63, 3.8) is 0 Å². The van der Waals surface area contributed by atoms with Crippen molar-refractivity contribution in [1.82, 2.24) is 20.8 Å². The number of hydrogen-bond donors (Lipinski definition) is 2. The number of ketones is 1. The van der Waals surface area contributed by atoms with Crippen LogP contribution in [0.15, 0.2) is 38.1 Å². The van der Waals surface area contributed by atoms with Gasteiger partial charge in [-0.25, -0.2) is 0 Å². The number of aromatic nitrogens is 2. The zero-order chi connectivity index (χ0) is 24.3. The lowest BCUT2D eigenvalue weighted by atomic mass is 9.83. The molecule has 1 saturated carbocycles. The molecule has 2 aromatic rings. The number of carbonyl (C=O) groups excluding carboxylic acids is 2. The number of benzene rings is 1. The molecule has 2 N–H and O–H groups in total. The Kier molecular flexibility index (Phi) is 7.11. The quantitative estimate of drug-likeness (QED) is 0.540. The molecule has 1 aliphatic heterocycles. The van der Waals surface area contributed by atoms with E-state index in [-0.39, 0.29) is 28.4 Å². The minimum absolute atomic E-state index is 0.0172. The second-order valence-corrected chi connectivity index (χ2v) is 10.2. The molecule has 1 aromatic carbocycles. The van der Waals surface area contributed by atoms with E-state index in [2.05, 4.69) is 25.2 Å². The fourth-order valence-corrected chi connectivity index (χ4v) is 5.67. The monoisotopic (exact) mass is 487 g/mol. The molecule has 1 aromatic heterocycles. The van der Waals surface area contributed by atoms with Gasteiger partial charge in [-0.3, -0.25) is 9.59 Å². The van der Waals surface area contributed by atoms with Gasteiger partial charge >= 0.3 is 0 Å². The van der Waals surface area contributed by atoms with Crippen LogP contribution in [0.3, 0.4) is 0 Å². The van der Waals surface area contributed by atoms with Crippen molar-refractivity contribution < 1.29 is 22.5 Å². The van der Waals surface area contributed by atoms with Crippen molar-refractivity contribution in [3.05, 3.63) is 41.5 Å². The maximum atomic E-state index is 13.5. The third-order valence-electron chi connectivity index (χ3n) is 6.36. The van der Waals surface area contributed by atoms with Crippen LogP contribution in [0, 0.1) is 5.92 Å². The van der Waals surface area contributed by atoms with Crippen molar-refractivity contribution in [1.29, 1.82) is 0 Å². The van der Waals surface area contributed by atoms with Crippen LogP contribution in [-0.2, 0) is 21.2 Å². The predicted molar refractivity (Wildman–Crippen MR) is 124 cm³/mol. The Morgan fingerprint density at radius 2 is 1.88 bits per heavy atom. The molecule has 4 rings (SSSR count). The number of fused-ring (bicyclic) bond motifs is 1. The molecule has 0 bridgehead atoms. The highest BCUT2D eigenvalue weighted by molar-refractivity contribution is 7.90. The molecule has 1 unspecified atom stereocenters. The van der Waals surface area contributed by atoms with Crippen LogP contribution in [0.1, 0.15) is 74.4 Å². The van der Waals surface area contributed by atoms with Gasteiger partial charge in [0.2, 0.25) is 23.4 Å². The van der Waals surface area contributed by atoms with E-state index in [1.165, 1.54) is 6.07 Å². The maximum Gasteiger partial charge on any atom is 0.285 e. The number of rotatable bonds is 8. The number of nitrogens with zero attached hydrogens (tertiary/aromatic N) is 3. The maximum absolute atomic E-state index is 13.5. The summed E-state index contributed by atoms with van der Waals surface area (Å²) in [5.74, 6) is -0.372. The first-order valence-corrected chi connectivity index (χ1v) is 13.2. The average molecular weight is 488 g/mol. The van der Waals surface area contributed by atoms with Crippen LogP contribution in [0.25, 0.3) is 0 Å². The van der Waals surface area contributed by atoms with Crippen LogP contribution in [0.4, 0.5) is 0 Å². The highest BCUT2D eigenvalue weighted by atomic mass is 32.2. The number of nitrogens with one attached hydrogen (secondary N) is 2. The molecule has 10 nitrogen and oxygen atoms in total. The number of carbonyl (C=O) groups is 2. The highest BCUT2D eigenvalue weighted by Crippen LogP contribution is 2.29. The molecule has 11 heteroatoms. The largest absolute Gasteiger partial charge is 0.357 e. The Hall–Kier alpha value is -3.08. The predicted octanol–water partition coefficient (Wildman–Crippen LogP) is 2.40. The summed E-state index contributed by atoms with van der Waals surface area (Å²) in [6, 6.07) is 4.97. The Bertz CT molecular complexity index is 1200. The number of amides is 1. The van der Waals surface area contributed by atoms with E-state index in [0.717, 1.165) is 32.1 Å². The van der Waals surface area contributed by atoms with E-state index in [1.807, 2.05) is 6.92 Å². The Morgan fingerprint density at radius 1 is 1.15 bits per heavy atom. The molecule has 182 valence electrons. The van der Waals surface area contributed by atoms with Gasteiger partial charge in [-0.15, -0.1) is 4.40 Å². The smallest absolute Gasteiger partial charge is 0.285 e. The van der Waals surface area contributed by atoms with E-state index in [1.54, 1.807) is 25.1 Å². The van der Waals surface area contributed by atoms with Gasteiger partial charge in [-0.05, 0) is 37.3 Å². The lowest BCUT2D eigenvalue weighted by Crippen LogP contribution is -2.54. The standard InChI is InChI=1S/C23H29N5O5S/c1-3-16(20(29)22-25-18(4-2)33-27-22)24-23(30)19(14-10-6-5-7-11-14)26-21-15-12-8-9-13-17(15)34(31,32)28-21/h8-9,12-14,16,19H,3-7,10-11H2,1-2H3,(H,24,30)(H,26,28)/t16-,19?/m0/s1. The van der Waals surface area contributed by atoms with Crippen molar-refractivity contribution >= 4 is 27.5 Å². The summed E-state index contributed by atoms with van der Waals surface area (Å²) in [6.45, 7) is 3.63. The molecular formula is C23H29N5O5S. The molecule has 2 aliphatic rings. The van der Waals surface area contributed by atoms with E-state index >= 15 is 0 Å². The van der Waals surface area contributed by atoms with Gasteiger partial charge in [0.15, 0.2) is 0 Å². The van der Waals surface area contributed by atoms with Crippen molar-refractivity contribution in [3.8, 4) is 0 Å². The molecular weight excluding hydrogens is 458 g/mol. The van der Waals surface area contributed by atoms with Crippen LogP contribution >= 0.6 is 0 Å². The summed E-state index contributed by atoms with van der Waals surface area (Å²) in [7, 11) is -3.82. The van der Waals surface area contributed by atoms with Gasteiger partial charge in [-0.1, -0.05) is 50.4 Å². The SMILES string of the molecule is CCc1nc(C(=O)[C@H](CC)NC(=O)C(NC2=NS(=O)(=O)c3ccccc32)C2CCCCC2)no1. The molecule has 34 heavy (non-hydrogen) atoms. The molecule has 2 heterocycles. The fraction of sp³-hybridized carbons (Fsp3) is 0.522. The lowest BCUT2D eigenvalue weighted by Gasteiger charge is -2.31. The third kappa shape index (κ3) is 4.89. The van der Waals surface area contributed by atoms with Crippen molar-refractivity contribution in [2.24, 2.45) is 10.3 Å². The first-order chi connectivity index (χ1) is 16.3. The summed E-state index contributed by atoms with van der Waals surface area (Å²) >= 11 is 0. The van der Waals surface area contributed by atoms with E-state index in [4.69, 9.17) is 4.52 Å². The molecule has 0 radical (unpaired) electrons. The molecule has 0 saturated heterocycles. The van der Waals surface area contributed by atoms with Gasteiger partial charge in [-0.2, -0.15) is 13.4 Å². The number of Topliss-reactive ketones (excluding diaryl/α,β-unsaturated/α-hetero) is 1. The van der Waals surface area contributed by atoms with E-state index < -0.39 is 27.9 Å². The van der Waals surface area contributed by atoms with Crippen LogP contribution < -0.4 is 10.6 Å². The summed E-state index contributed by atoms with van der Waals surface area (Å²) < 4.78 is 33.9. The number of amidine groups is 1. The summed E-state index contributed by atoms with van der Waals surface area (Å²) in [6.07, 6.45) is 5.55. The molecule has 1 fully saturated rings. The molecule has 0 spiro atoms. The van der Waals surface area contributed by atoms with Crippen LogP contribution in [0.2, 0.25) is 0 Å². The highest BCUT2D eigenvalue weighted by Gasteiger charge is 2.36. The first kappa shape index (κ1) is 24.1. The van der Waals surface area contributed by atoms with Gasteiger partial charge in [0.25, 0.3) is 10.0 Å². The number of sulfonamides is 1. The molecule has 2 atom stereocenters. The Morgan fingerprint density at radius 3 is 2.56 bits per heavy atom. The van der Waals surface area contributed by atoms with Gasteiger partial charge in [0.05, 0.1) is 6.04 Å². The molecule has 1 aliphatic carbocycles. The lowest BCUT2D eigenvalue weighted by molar-refractivity contribution is -0.124. The van der Waals surface area contributed by atoms with Crippen molar-refractivity contribution in [2.45, 2.75) is 75.8 Å². The summed E-state index contributed by atoms with van der Waals surface area (Å²) in [5.41, 5.74) is 0.443. The number of hydrogen-bond acceptors (Lipinski definition) is 8. The summed E-state index contributed by atoms with van der Waals surface area (Å²) in [4.78, 5) is 30.6. The second-order valence-electron chi connectivity index (χ2n) is 8.63. The fourth-order valence-electron chi connectivity index (χ4n) is 4.49. The van der Waals surface area contributed by atoms with Crippen molar-refractivity contribution in [2.75, 3.05) is 0 Å². The minimum atomic E-state index is -3.82. The van der Waals surface area contributed by atoms with Gasteiger partial charge in [0, 0.05) is 12.0 Å². The van der Waals surface area contributed by atoms with E-state index in [9.17, 15) is 18.0 Å². The first-order valence-electron chi connectivity index (χ1n) is 11.7. The third-order valence-corrected chi connectivity index (χ3v) is 7.69. The van der Waals surface area contributed by atoms with E-state index in [0.29, 0.717) is 24.3 Å². The summed E-state index contributed by atoms with van der Waals surface area (Å²) in [5, 5.41) is 9.68. The topological polar surface area (TPSA) is 144 Å². The molecule has 1 amide bonds. The second kappa shape index (κ2) is 10.0. The number of aryl methyl sites for hydroxylation is 1. The Labute approximate surface area is 198 Å². The zero-order valence-corrected chi connectivity index (χ0v) is 20.1. The minimum Gasteiger partial charge on any atom is -0.357 e. The average Bonchev–Trinajstić information content (AvgIpc) is 3.43. The normalized spacial score (nSPS) is 19.1.